The van der Waals surface area contributed by atoms with E-state index in [2.05, 4.69) is 31.9 Å². The molecule has 2 aromatic carbocycles. The van der Waals surface area contributed by atoms with E-state index in [0.717, 1.165) is 14.5 Å². The summed E-state index contributed by atoms with van der Waals surface area (Å²) >= 11 is 6.98. The van der Waals surface area contributed by atoms with Gasteiger partial charge in [0.05, 0.1) is 23.2 Å². The van der Waals surface area contributed by atoms with Crippen LogP contribution < -0.4 is 14.2 Å². The molecule has 2 aromatic rings. The number of ether oxygens (including phenoxy) is 3. The average Bonchev–Trinajstić information content (AvgIpc) is 2.49. The molecule has 0 aliphatic heterocycles. The number of hydrogen-bond donors (Lipinski definition) is 0. The number of benzene rings is 2. The Balaban J connectivity index is 2.29. The van der Waals surface area contributed by atoms with Crippen molar-refractivity contribution >= 4 is 31.9 Å². The number of methoxy groups -OCH3 is 2. The molecule has 0 radical (unpaired) electrons. The molecule has 0 aliphatic carbocycles. The van der Waals surface area contributed by atoms with Gasteiger partial charge in [-0.2, -0.15) is 0 Å². The van der Waals surface area contributed by atoms with E-state index in [1.165, 1.54) is 0 Å². The summed E-state index contributed by atoms with van der Waals surface area (Å²) in [5.74, 6) is 1.94. The molecule has 0 heterocycles. The molecule has 0 saturated carbocycles. The monoisotopic (exact) mass is 400 g/mol. The summed E-state index contributed by atoms with van der Waals surface area (Å²) in [6, 6.07) is 11.8. The minimum atomic E-state index is 0.467. The van der Waals surface area contributed by atoms with Gasteiger partial charge >= 0.3 is 0 Å². The maximum atomic E-state index is 5.87. The second-order valence-electron chi connectivity index (χ2n) is 4.01. The molecule has 5 heteroatoms. The fourth-order valence-electron chi connectivity index (χ4n) is 1.73. The van der Waals surface area contributed by atoms with Crippen LogP contribution >= 0.6 is 31.9 Å². The standard InChI is InChI=1S/C15H14Br2O3/c1-18-11-8-12(19-2)15(14(17)13(11)16)20-9-10-6-4-3-5-7-10/h3-8H,9H2,1-2H3. The average molecular weight is 402 g/mol. The van der Waals surface area contributed by atoms with Crippen LogP contribution in [0, 0.1) is 0 Å². The van der Waals surface area contributed by atoms with Gasteiger partial charge in [-0.3, -0.25) is 0 Å². The fourth-order valence-corrected chi connectivity index (χ4v) is 2.69. The minimum absolute atomic E-state index is 0.467. The fraction of sp³-hybridized carbons (Fsp3) is 0.200. The van der Waals surface area contributed by atoms with Crippen LogP contribution in [0.4, 0.5) is 0 Å². The van der Waals surface area contributed by atoms with E-state index in [1.807, 2.05) is 30.3 Å². The predicted molar refractivity (Wildman–Crippen MR) is 85.7 cm³/mol. The first-order valence-electron chi connectivity index (χ1n) is 5.94. The second-order valence-corrected chi connectivity index (χ2v) is 5.60. The van der Waals surface area contributed by atoms with Crippen LogP contribution in [0.15, 0.2) is 45.3 Å². The quantitative estimate of drug-likeness (QED) is 0.719. The molecule has 0 aliphatic rings. The molecule has 0 saturated heterocycles. The van der Waals surface area contributed by atoms with Gasteiger partial charge < -0.3 is 14.2 Å². The lowest BCUT2D eigenvalue weighted by molar-refractivity contribution is 0.280. The summed E-state index contributed by atoms with van der Waals surface area (Å²) in [4.78, 5) is 0. The normalized spacial score (nSPS) is 10.2. The lowest BCUT2D eigenvalue weighted by atomic mass is 10.2. The van der Waals surface area contributed by atoms with E-state index in [0.29, 0.717) is 23.9 Å². The van der Waals surface area contributed by atoms with E-state index < -0.39 is 0 Å². The van der Waals surface area contributed by atoms with Crippen LogP contribution in [-0.2, 0) is 6.61 Å². The molecule has 0 aromatic heterocycles. The van der Waals surface area contributed by atoms with E-state index in [1.54, 1.807) is 20.3 Å². The van der Waals surface area contributed by atoms with E-state index in [-0.39, 0.29) is 0 Å². The Morgan fingerprint density at radius 3 is 2.15 bits per heavy atom. The van der Waals surface area contributed by atoms with Gasteiger partial charge in [0.15, 0.2) is 11.5 Å². The van der Waals surface area contributed by atoms with Gasteiger partial charge in [0.25, 0.3) is 0 Å². The second kappa shape index (κ2) is 6.99. The lowest BCUT2D eigenvalue weighted by Gasteiger charge is -2.16. The van der Waals surface area contributed by atoms with Crippen molar-refractivity contribution in [3.8, 4) is 17.2 Å². The first-order valence-corrected chi connectivity index (χ1v) is 7.52. The molecule has 20 heavy (non-hydrogen) atoms. The molecule has 0 atom stereocenters. The van der Waals surface area contributed by atoms with E-state index in [9.17, 15) is 0 Å². The number of halogens is 2. The third-order valence-corrected chi connectivity index (χ3v) is 4.84. The maximum absolute atomic E-state index is 5.87. The zero-order valence-electron chi connectivity index (χ0n) is 11.2. The first kappa shape index (κ1) is 15.2. The van der Waals surface area contributed by atoms with E-state index >= 15 is 0 Å². The number of rotatable bonds is 5. The van der Waals surface area contributed by atoms with Crippen LogP contribution in [0.2, 0.25) is 0 Å². The van der Waals surface area contributed by atoms with Crippen molar-refractivity contribution in [2.45, 2.75) is 6.61 Å². The van der Waals surface area contributed by atoms with Crippen molar-refractivity contribution in [2.24, 2.45) is 0 Å². The van der Waals surface area contributed by atoms with Gasteiger partial charge in [0.2, 0.25) is 0 Å². The highest BCUT2D eigenvalue weighted by atomic mass is 79.9. The van der Waals surface area contributed by atoms with Crippen LogP contribution in [0.3, 0.4) is 0 Å². The van der Waals surface area contributed by atoms with Crippen LogP contribution in [0.1, 0.15) is 5.56 Å². The first-order chi connectivity index (χ1) is 9.67. The summed E-state index contributed by atoms with van der Waals surface area (Å²) in [5, 5.41) is 0. The van der Waals surface area contributed by atoms with E-state index in [4.69, 9.17) is 14.2 Å². The molecule has 0 fully saturated rings. The van der Waals surface area contributed by atoms with Gasteiger partial charge in [-0.15, -0.1) is 0 Å². The van der Waals surface area contributed by atoms with Gasteiger partial charge in [-0.25, -0.2) is 0 Å². The Morgan fingerprint density at radius 2 is 1.55 bits per heavy atom. The van der Waals surface area contributed by atoms with Crippen molar-refractivity contribution in [3.05, 3.63) is 50.9 Å². The lowest BCUT2D eigenvalue weighted by Crippen LogP contribution is -2.00. The van der Waals surface area contributed by atoms with Gasteiger partial charge in [-0.1, -0.05) is 30.3 Å². The molecule has 2 rings (SSSR count). The van der Waals surface area contributed by atoms with Crippen molar-refractivity contribution in [1.82, 2.24) is 0 Å². The topological polar surface area (TPSA) is 27.7 Å². The zero-order valence-corrected chi connectivity index (χ0v) is 14.3. The van der Waals surface area contributed by atoms with Crippen LogP contribution in [0.25, 0.3) is 0 Å². The Kier molecular flexibility index (Phi) is 5.31. The van der Waals surface area contributed by atoms with Crippen LogP contribution in [-0.4, -0.2) is 14.2 Å². The van der Waals surface area contributed by atoms with Crippen molar-refractivity contribution in [2.75, 3.05) is 14.2 Å². The summed E-state index contributed by atoms with van der Waals surface area (Å²) in [7, 11) is 3.21. The summed E-state index contributed by atoms with van der Waals surface area (Å²) in [6.45, 7) is 0.467. The Labute approximate surface area is 135 Å². The molecule has 0 amide bonds. The Morgan fingerprint density at radius 1 is 0.900 bits per heavy atom. The van der Waals surface area contributed by atoms with Crippen molar-refractivity contribution in [3.63, 3.8) is 0 Å². The highest BCUT2D eigenvalue weighted by Gasteiger charge is 2.17. The highest BCUT2D eigenvalue weighted by molar-refractivity contribution is 9.13. The van der Waals surface area contributed by atoms with Gasteiger partial charge in [0, 0.05) is 6.07 Å². The SMILES string of the molecule is COc1cc(OC)c(OCc2ccccc2)c(Br)c1Br. The van der Waals surface area contributed by atoms with Gasteiger partial charge in [-0.05, 0) is 37.4 Å². The zero-order chi connectivity index (χ0) is 14.5. The molecular weight excluding hydrogens is 388 g/mol. The van der Waals surface area contributed by atoms with Crippen molar-refractivity contribution in [1.29, 1.82) is 0 Å². The maximum Gasteiger partial charge on any atom is 0.177 e. The molecule has 0 spiro atoms. The molecule has 0 unspecified atom stereocenters. The molecule has 3 nitrogen and oxygen atoms in total. The third-order valence-electron chi connectivity index (χ3n) is 2.76. The van der Waals surface area contributed by atoms with Crippen LogP contribution in [0.5, 0.6) is 17.2 Å². The van der Waals surface area contributed by atoms with Crippen molar-refractivity contribution < 1.29 is 14.2 Å². The Hall–Kier alpha value is -1.20. The third kappa shape index (κ3) is 3.27. The largest absolute Gasteiger partial charge is 0.495 e. The smallest absolute Gasteiger partial charge is 0.177 e. The molecule has 0 bridgehead atoms. The molecule has 0 N–H and O–H groups in total. The summed E-state index contributed by atoms with van der Waals surface area (Å²) in [6.07, 6.45) is 0. The predicted octanol–water partition coefficient (Wildman–Crippen LogP) is 4.81. The minimum Gasteiger partial charge on any atom is -0.495 e. The summed E-state index contributed by atoms with van der Waals surface area (Å²) < 4.78 is 18.1. The molecular formula is C15H14Br2O3. The molecule has 106 valence electrons. The Bertz CT molecular complexity index is 585. The number of hydrogen-bond acceptors (Lipinski definition) is 3. The highest BCUT2D eigenvalue weighted by Crippen LogP contribution is 2.46. The van der Waals surface area contributed by atoms with Gasteiger partial charge in [0.1, 0.15) is 12.4 Å². The summed E-state index contributed by atoms with van der Waals surface area (Å²) in [5.41, 5.74) is 1.09.